The van der Waals surface area contributed by atoms with Crippen molar-refractivity contribution in [2.45, 2.75) is 126 Å². The van der Waals surface area contributed by atoms with Crippen molar-refractivity contribution in [1.29, 1.82) is 0 Å². The number of nitrogens with zero attached hydrogens (tertiary/aromatic N) is 2. The van der Waals surface area contributed by atoms with Crippen LogP contribution in [0.5, 0.6) is 0 Å². The molecule has 0 radical (unpaired) electrons. The molecule has 284 valence electrons. The van der Waals surface area contributed by atoms with Gasteiger partial charge in [0.15, 0.2) is 5.78 Å². The van der Waals surface area contributed by atoms with Crippen molar-refractivity contribution in [3.05, 3.63) is 11.1 Å². The van der Waals surface area contributed by atoms with Gasteiger partial charge in [-0.1, -0.05) is 41.5 Å². The Morgan fingerprint density at radius 3 is 2.10 bits per heavy atom. The third-order valence-electron chi connectivity index (χ3n) is 15.4. The maximum atomic E-state index is 14.7. The maximum absolute atomic E-state index is 14.7. The minimum absolute atomic E-state index is 0.0507. The van der Waals surface area contributed by atoms with Gasteiger partial charge in [-0.15, -0.1) is 0 Å². The van der Waals surface area contributed by atoms with Crippen LogP contribution in [-0.2, 0) is 28.7 Å². The van der Waals surface area contributed by atoms with Crippen molar-refractivity contribution in [3.8, 4) is 0 Å². The topological polar surface area (TPSA) is 131 Å². The van der Waals surface area contributed by atoms with Crippen LogP contribution >= 0.6 is 0 Å². The zero-order chi connectivity index (χ0) is 37.5. The van der Waals surface area contributed by atoms with Crippen LogP contribution in [0.15, 0.2) is 11.1 Å². The van der Waals surface area contributed by atoms with Crippen molar-refractivity contribution in [2.24, 2.45) is 56.7 Å². The molecule has 0 bridgehead atoms. The Bertz CT molecular complexity index is 1510. The third kappa shape index (κ3) is 5.84. The highest BCUT2D eigenvalue weighted by Gasteiger charge is 2.68. The van der Waals surface area contributed by atoms with Gasteiger partial charge in [-0.05, 0) is 117 Å². The van der Waals surface area contributed by atoms with E-state index in [1.807, 2.05) is 4.90 Å². The Labute approximate surface area is 304 Å². The van der Waals surface area contributed by atoms with Gasteiger partial charge in [-0.25, -0.2) is 4.79 Å². The molecule has 6 aliphatic rings. The van der Waals surface area contributed by atoms with E-state index in [9.17, 15) is 29.1 Å². The van der Waals surface area contributed by atoms with Crippen molar-refractivity contribution in [1.82, 2.24) is 9.80 Å². The molecule has 0 spiro atoms. The highest BCUT2D eigenvalue weighted by Crippen LogP contribution is 2.73. The standard InChI is InChI=1S/C41H62N2O8/c1-24(2)32-27(44)22-41(34(46)42-18-20-43(21-19-42)36(49)50-9)17-12-26-25(33(32)41)10-11-29-39(26,7)15-13-28-38(5,6)30(14-16-40(28,29)8)51-31(45)23-37(3,4)35(47)48/h24-26,28-30H,10-23H2,1-9H3,(H,47,48)/t25?,26?,28?,29?,30?,39?,40?,41-/m1/s1. The summed E-state index contributed by atoms with van der Waals surface area (Å²) < 4.78 is 11.1. The molecule has 8 atom stereocenters. The van der Waals surface area contributed by atoms with E-state index in [4.69, 9.17) is 9.47 Å². The first kappa shape index (κ1) is 37.8. The van der Waals surface area contributed by atoms with Crippen LogP contribution in [0.2, 0.25) is 0 Å². The van der Waals surface area contributed by atoms with E-state index >= 15 is 0 Å². The van der Waals surface area contributed by atoms with E-state index in [0.717, 1.165) is 56.1 Å². The summed E-state index contributed by atoms with van der Waals surface area (Å²) in [5.41, 5.74) is -0.0444. The Morgan fingerprint density at radius 2 is 1.49 bits per heavy atom. The number of carboxylic acids is 1. The van der Waals surface area contributed by atoms with Gasteiger partial charge in [0.1, 0.15) is 6.10 Å². The van der Waals surface area contributed by atoms with Gasteiger partial charge in [-0.3, -0.25) is 19.2 Å². The number of hydrogen-bond acceptors (Lipinski definition) is 7. The summed E-state index contributed by atoms with van der Waals surface area (Å²) in [6.07, 6.45) is 6.94. The molecular weight excluding hydrogens is 648 g/mol. The zero-order valence-electron chi connectivity index (χ0n) is 32.6. The number of hydrogen-bond donors (Lipinski definition) is 1. The van der Waals surface area contributed by atoms with Crippen LogP contribution in [-0.4, -0.2) is 84.0 Å². The van der Waals surface area contributed by atoms with Gasteiger partial charge in [-0.2, -0.15) is 0 Å². The number of allylic oxidation sites excluding steroid dienone is 1. The van der Waals surface area contributed by atoms with Gasteiger partial charge >= 0.3 is 18.0 Å². The first-order valence-corrected chi connectivity index (χ1v) is 19.6. The maximum Gasteiger partial charge on any atom is 0.409 e. The molecule has 0 aromatic carbocycles. The van der Waals surface area contributed by atoms with E-state index in [-0.39, 0.29) is 64.8 Å². The van der Waals surface area contributed by atoms with Crippen LogP contribution in [0, 0.1) is 56.7 Å². The molecule has 1 aliphatic heterocycles. The van der Waals surface area contributed by atoms with Gasteiger partial charge in [0.2, 0.25) is 5.91 Å². The fraction of sp³-hybridized carbons (Fsp3) is 0.829. The van der Waals surface area contributed by atoms with Crippen molar-refractivity contribution in [3.63, 3.8) is 0 Å². The SMILES string of the molecule is COC(=O)N1CCN(C(=O)[C@@]23CCC4C(CCC5C4(C)CCC4C(C)(C)C(OC(=O)CC(C)(C)C(=O)O)CCC45C)C2=C(C(C)C)C(=O)C3)CC1. The zero-order valence-corrected chi connectivity index (χ0v) is 32.6. The Hall–Kier alpha value is -2.91. The normalized spacial score (nSPS) is 37.6. The number of piperazine rings is 1. The van der Waals surface area contributed by atoms with E-state index < -0.39 is 22.8 Å². The molecule has 5 aliphatic carbocycles. The molecule has 1 saturated heterocycles. The Morgan fingerprint density at radius 1 is 0.863 bits per heavy atom. The van der Waals surface area contributed by atoms with Gasteiger partial charge < -0.3 is 24.4 Å². The number of aliphatic carboxylic acids is 1. The molecule has 1 heterocycles. The Kier molecular flexibility index (Phi) is 9.56. The van der Waals surface area contributed by atoms with Gasteiger partial charge in [0.05, 0.1) is 24.4 Å². The molecule has 0 aromatic heterocycles. The Balaban J connectivity index is 1.25. The minimum Gasteiger partial charge on any atom is -0.481 e. The van der Waals surface area contributed by atoms with Crippen LogP contribution < -0.4 is 0 Å². The van der Waals surface area contributed by atoms with E-state index in [1.54, 1.807) is 18.7 Å². The number of rotatable bonds is 6. The molecule has 5 fully saturated rings. The molecule has 2 amide bonds. The van der Waals surface area contributed by atoms with Crippen LogP contribution in [0.4, 0.5) is 4.79 Å². The number of carbonyl (C=O) groups is 5. The summed E-state index contributed by atoms with van der Waals surface area (Å²) in [6.45, 7) is 18.6. The molecule has 0 aromatic rings. The molecular formula is C41H62N2O8. The summed E-state index contributed by atoms with van der Waals surface area (Å²) in [6, 6.07) is 0. The largest absolute Gasteiger partial charge is 0.481 e. The molecule has 10 nitrogen and oxygen atoms in total. The highest BCUT2D eigenvalue weighted by molar-refractivity contribution is 6.07. The summed E-state index contributed by atoms with van der Waals surface area (Å²) in [5.74, 6) is 0.252. The third-order valence-corrected chi connectivity index (χ3v) is 15.4. The first-order valence-electron chi connectivity index (χ1n) is 19.6. The van der Waals surface area contributed by atoms with Crippen molar-refractivity contribution < 1.29 is 38.6 Å². The monoisotopic (exact) mass is 710 g/mol. The minimum atomic E-state index is -1.17. The summed E-state index contributed by atoms with van der Waals surface area (Å²) in [7, 11) is 1.38. The first-order chi connectivity index (χ1) is 23.7. The van der Waals surface area contributed by atoms with Gasteiger partial charge in [0, 0.05) is 38.0 Å². The van der Waals surface area contributed by atoms with Gasteiger partial charge in [0.25, 0.3) is 0 Å². The predicted molar refractivity (Wildman–Crippen MR) is 191 cm³/mol. The molecule has 10 heteroatoms. The average molecular weight is 711 g/mol. The lowest BCUT2D eigenvalue weighted by Crippen LogP contribution is -2.63. The number of amides is 2. The predicted octanol–water partition coefficient (Wildman–Crippen LogP) is 6.90. The highest BCUT2D eigenvalue weighted by atomic mass is 16.5. The number of methoxy groups -OCH3 is 1. The van der Waals surface area contributed by atoms with Crippen LogP contribution in [0.25, 0.3) is 0 Å². The van der Waals surface area contributed by atoms with E-state index in [0.29, 0.717) is 50.4 Å². The number of fused-ring (bicyclic) bond motifs is 7. The fourth-order valence-electron chi connectivity index (χ4n) is 12.9. The van der Waals surface area contributed by atoms with Crippen LogP contribution in [0.3, 0.4) is 0 Å². The number of carboxylic acid groups (broad SMARTS) is 1. The molecule has 4 saturated carbocycles. The number of ether oxygens (including phenoxy) is 2. The number of esters is 1. The number of Topliss-reactive ketones (excluding diaryl/α,β-unsaturated/α-hetero) is 1. The van der Waals surface area contributed by atoms with Crippen LogP contribution in [0.1, 0.15) is 120 Å². The lowest BCUT2D eigenvalue weighted by Gasteiger charge is -2.68. The number of ketones is 1. The molecule has 7 unspecified atom stereocenters. The van der Waals surface area contributed by atoms with E-state index in [2.05, 4.69) is 41.5 Å². The average Bonchev–Trinajstić information content (AvgIpc) is 3.38. The summed E-state index contributed by atoms with van der Waals surface area (Å²) >= 11 is 0. The summed E-state index contributed by atoms with van der Waals surface area (Å²) in [5, 5.41) is 9.58. The number of carbonyl (C=O) groups excluding carboxylic acids is 4. The van der Waals surface area contributed by atoms with Crippen molar-refractivity contribution in [2.75, 3.05) is 33.3 Å². The van der Waals surface area contributed by atoms with Crippen molar-refractivity contribution >= 4 is 29.7 Å². The van der Waals surface area contributed by atoms with E-state index in [1.165, 1.54) is 7.11 Å². The second kappa shape index (κ2) is 12.9. The lowest BCUT2D eigenvalue weighted by molar-refractivity contribution is -0.214. The summed E-state index contributed by atoms with van der Waals surface area (Å²) in [4.78, 5) is 69.2. The second-order valence-corrected chi connectivity index (χ2v) is 19.1. The molecule has 51 heavy (non-hydrogen) atoms. The lowest BCUT2D eigenvalue weighted by atomic mass is 9.36. The quantitative estimate of drug-likeness (QED) is 0.295. The fourth-order valence-corrected chi connectivity index (χ4v) is 12.9. The molecule has 6 rings (SSSR count). The molecule has 1 N–H and O–H groups in total. The second-order valence-electron chi connectivity index (χ2n) is 19.1. The smallest absolute Gasteiger partial charge is 0.409 e.